The van der Waals surface area contributed by atoms with Gasteiger partial charge in [-0.25, -0.2) is 5.43 Å². The number of thiophene rings is 1. The summed E-state index contributed by atoms with van der Waals surface area (Å²) < 4.78 is 5.24. The second kappa shape index (κ2) is 8.77. The van der Waals surface area contributed by atoms with Crippen LogP contribution in [0.15, 0.2) is 71.1 Å². The molecule has 3 aromatic rings. The molecule has 0 spiro atoms. The summed E-state index contributed by atoms with van der Waals surface area (Å²) in [7, 11) is 1.57. The maximum atomic E-state index is 12.5. The first-order valence-corrected chi connectivity index (χ1v) is 8.97. The van der Waals surface area contributed by atoms with Crippen molar-refractivity contribution >= 4 is 35.1 Å². The van der Waals surface area contributed by atoms with E-state index in [9.17, 15) is 9.59 Å². The van der Waals surface area contributed by atoms with Crippen molar-refractivity contribution in [2.24, 2.45) is 5.10 Å². The number of hydrazone groups is 1. The Balaban J connectivity index is 1.72. The van der Waals surface area contributed by atoms with Crippen LogP contribution in [0.4, 0.5) is 5.69 Å². The summed E-state index contributed by atoms with van der Waals surface area (Å²) in [6.07, 6.45) is 1.50. The number of nitrogens with zero attached hydrogens (tertiary/aromatic N) is 1. The van der Waals surface area contributed by atoms with Crippen LogP contribution in [-0.2, 0) is 0 Å². The number of carbonyl (C=O) groups excluding carboxylic acids is 2. The number of nitrogens with one attached hydrogen (secondary N) is 2. The quantitative estimate of drug-likeness (QED) is 0.505. The molecule has 1 heterocycles. The Labute approximate surface area is 160 Å². The maximum Gasteiger partial charge on any atom is 0.273 e. The third-order valence-corrected chi connectivity index (χ3v) is 4.54. The van der Waals surface area contributed by atoms with E-state index in [1.807, 2.05) is 23.6 Å². The van der Waals surface area contributed by atoms with Gasteiger partial charge in [0.25, 0.3) is 11.8 Å². The molecule has 27 heavy (non-hydrogen) atoms. The number of amides is 2. The van der Waals surface area contributed by atoms with Gasteiger partial charge in [-0.05, 0) is 35.7 Å². The lowest BCUT2D eigenvalue weighted by Gasteiger charge is -2.09. The number of hydrogen-bond donors (Lipinski definition) is 2. The maximum absolute atomic E-state index is 12.5. The predicted molar refractivity (Wildman–Crippen MR) is 107 cm³/mol. The highest BCUT2D eigenvalue weighted by Gasteiger charge is 2.14. The number of rotatable bonds is 6. The smallest absolute Gasteiger partial charge is 0.273 e. The number of para-hydroxylation sites is 2. The topological polar surface area (TPSA) is 79.8 Å². The monoisotopic (exact) mass is 379 g/mol. The molecule has 0 aliphatic heterocycles. The number of anilines is 1. The molecule has 0 fully saturated rings. The van der Waals surface area contributed by atoms with Crippen molar-refractivity contribution in [1.82, 2.24) is 5.43 Å². The van der Waals surface area contributed by atoms with E-state index in [0.717, 1.165) is 5.56 Å². The third-order valence-electron chi connectivity index (χ3n) is 3.67. The first-order valence-electron chi connectivity index (χ1n) is 8.09. The fourth-order valence-corrected chi connectivity index (χ4v) is 2.99. The lowest BCUT2D eigenvalue weighted by atomic mass is 10.1. The van der Waals surface area contributed by atoms with Gasteiger partial charge in [0, 0.05) is 5.56 Å². The minimum atomic E-state index is -0.428. The lowest BCUT2D eigenvalue weighted by molar-refractivity contribution is 0.0956. The average molecular weight is 379 g/mol. The predicted octanol–water partition coefficient (Wildman–Crippen LogP) is 3.77. The molecule has 2 N–H and O–H groups in total. The van der Waals surface area contributed by atoms with Gasteiger partial charge < -0.3 is 10.1 Å². The van der Waals surface area contributed by atoms with Crippen LogP contribution in [0.25, 0.3) is 0 Å². The fraction of sp³-hybridized carbons (Fsp3) is 0.0500. The van der Waals surface area contributed by atoms with Gasteiger partial charge in [0.2, 0.25) is 0 Å². The molecule has 0 aliphatic rings. The number of benzene rings is 2. The highest BCUT2D eigenvalue weighted by molar-refractivity contribution is 7.12. The summed E-state index contributed by atoms with van der Waals surface area (Å²) >= 11 is 1.33. The molecule has 0 radical (unpaired) electrons. The molecular weight excluding hydrogens is 362 g/mol. The van der Waals surface area contributed by atoms with Gasteiger partial charge in [-0.2, -0.15) is 5.10 Å². The van der Waals surface area contributed by atoms with E-state index in [-0.39, 0.29) is 5.91 Å². The second-order valence-corrected chi connectivity index (χ2v) is 6.37. The van der Waals surface area contributed by atoms with Crippen LogP contribution in [-0.4, -0.2) is 25.1 Å². The largest absolute Gasteiger partial charge is 0.496 e. The zero-order valence-corrected chi connectivity index (χ0v) is 15.3. The summed E-state index contributed by atoms with van der Waals surface area (Å²) in [4.78, 5) is 25.3. The highest BCUT2D eigenvalue weighted by Crippen LogP contribution is 2.18. The van der Waals surface area contributed by atoms with E-state index in [1.165, 1.54) is 17.6 Å². The normalized spacial score (nSPS) is 10.6. The van der Waals surface area contributed by atoms with E-state index in [0.29, 0.717) is 21.9 Å². The summed E-state index contributed by atoms with van der Waals surface area (Å²) in [6.45, 7) is 0. The molecule has 136 valence electrons. The molecule has 0 atom stereocenters. The standard InChI is InChI=1S/C20H17N3O3S/c1-26-17-10-5-2-7-14(17)13-21-23-19(24)15-8-3-4-9-16(15)22-20(25)18-11-6-12-27-18/h2-13H,1H3,(H,22,25)(H,23,24)/b21-13-. The van der Waals surface area contributed by atoms with Gasteiger partial charge in [0.15, 0.2) is 0 Å². The van der Waals surface area contributed by atoms with Gasteiger partial charge in [-0.1, -0.05) is 30.3 Å². The third kappa shape index (κ3) is 4.59. The van der Waals surface area contributed by atoms with Crippen LogP contribution in [0.2, 0.25) is 0 Å². The average Bonchev–Trinajstić information content (AvgIpc) is 3.23. The van der Waals surface area contributed by atoms with Crippen molar-refractivity contribution in [3.8, 4) is 5.75 Å². The van der Waals surface area contributed by atoms with E-state index < -0.39 is 5.91 Å². The molecular formula is C20H17N3O3S. The highest BCUT2D eigenvalue weighted by atomic mass is 32.1. The Morgan fingerprint density at radius 2 is 1.78 bits per heavy atom. The first-order chi connectivity index (χ1) is 13.2. The van der Waals surface area contributed by atoms with Crippen molar-refractivity contribution in [3.05, 3.63) is 82.0 Å². The fourth-order valence-electron chi connectivity index (χ4n) is 2.38. The van der Waals surface area contributed by atoms with Gasteiger partial charge in [0.1, 0.15) is 5.75 Å². The Morgan fingerprint density at radius 3 is 2.56 bits per heavy atom. The number of ether oxygens (including phenoxy) is 1. The molecule has 0 bridgehead atoms. The Morgan fingerprint density at radius 1 is 1.00 bits per heavy atom. The molecule has 0 saturated heterocycles. The van der Waals surface area contributed by atoms with Crippen LogP contribution >= 0.6 is 11.3 Å². The van der Waals surface area contributed by atoms with E-state index in [1.54, 1.807) is 49.6 Å². The van der Waals surface area contributed by atoms with Crippen molar-refractivity contribution in [2.75, 3.05) is 12.4 Å². The molecule has 2 aromatic carbocycles. The van der Waals surface area contributed by atoms with Gasteiger partial charge in [0.05, 0.1) is 29.5 Å². The molecule has 0 unspecified atom stereocenters. The molecule has 0 aliphatic carbocycles. The minimum absolute atomic E-state index is 0.261. The molecule has 2 amide bonds. The second-order valence-electron chi connectivity index (χ2n) is 5.42. The Bertz CT molecular complexity index is 968. The van der Waals surface area contributed by atoms with Crippen LogP contribution < -0.4 is 15.5 Å². The van der Waals surface area contributed by atoms with Gasteiger partial charge in [-0.3, -0.25) is 9.59 Å². The van der Waals surface area contributed by atoms with Crippen molar-refractivity contribution in [3.63, 3.8) is 0 Å². The van der Waals surface area contributed by atoms with E-state index in [4.69, 9.17) is 4.74 Å². The molecule has 7 heteroatoms. The number of hydrogen-bond acceptors (Lipinski definition) is 5. The van der Waals surface area contributed by atoms with Gasteiger partial charge in [-0.15, -0.1) is 11.3 Å². The molecule has 3 rings (SSSR count). The first kappa shape index (κ1) is 18.3. The SMILES string of the molecule is COc1ccccc1/C=N\NC(=O)c1ccccc1NC(=O)c1cccs1. The molecule has 1 aromatic heterocycles. The summed E-state index contributed by atoms with van der Waals surface area (Å²) in [6, 6.07) is 17.6. The van der Waals surface area contributed by atoms with Crippen LogP contribution in [0, 0.1) is 0 Å². The summed E-state index contributed by atoms with van der Waals surface area (Å²) in [5, 5.41) is 8.56. The summed E-state index contributed by atoms with van der Waals surface area (Å²) in [5.74, 6) is -0.0369. The van der Waals surface area contributed by atoms with Crippen LogP contribution in [0.3, 0.4) is 0 Å². The van der Waals surface area contributed by atoms with Crippen molar-refractivity contribution < 1.29 is 14.3 Å². The lowest BCUT2D eigenvalue weighted by Crippen LogP contribution is -2.21. The molecule has 0 saturated carbocycles. The zero-order valence-electron chi connectivity index (χ0n) is 14.5. The van der Waals surface area contributed by atoms with Crippen molar-refractivity contribution in [1.29, 1.82) is 0 Å². The zero-order chi connectivity index (χ0) is 19.1. The molecule has 6 nitrogen and oxygen atoms in total. The number of methoxy groups -OCH3 is 1. The van der Waals surface area contributed by atoms with E-state index in [2.05, 4.69) is 15.8 Å². The van der Waals surface area contributed by atoms with Gasteiger partial charge >= 0.3 is 0 Å². The van der Waals surface area contributed by atoms with Crippen molar-refractivity contribution in [2.45, 2.75) is 0 Å². The number of carbonyl (C=O) groups is 2. The Kier molecular flexibility index (Phi) is 5.96. The Hall–Kier alpha value is -3.45. The van der Waals surface area contributed by atoms with Crippen LogP contribution in [0.5, 0.6) is 5.75 Å². The van der Waals surface area contributed by atoms with Crippen LogP contribution in [0.1, 0.15) is 25.6 Å². The minimum Gasteiger partial charge on any atom is -0.496 e. The summed E-state index contributed by atoms with van der Waals surface area (Å²) in [5.41, 5.74) is 3.95. The van der Waals surface area contributed by atoms with E-state index >= 15 is 0 Å².